The Balaban J connectivity index is 1.47. The second-order valence-corrected chi connectivity index (χ2v) is 10.7. The molecule has 2 unspecified atom stereocenters. The number of ether oxygens (including phenoxy) is 1. The number of fused-ring (bicyclic) bond motifs is 1. The maximum atomic E-state index is 13.1. The van der Waals surface area contributed by atoms with Crippen LogP contribution in [0, 0.1) is 4.91 Å². The summed E-state index contributed by atoms with van der Waals surface area (Å²) in [5.74, 6) is -0.170. The highest BCUT2D eigenvalue weighted by Gasteiger charge is 2.35. The lowest BCUT2D eigenvalue weighted by Gasteiger charge is -2.35. The third-order valence-electron chi connectivity index (χ3n) is 7.20. The molecule has 234 valence electrons. The van der Waals surface area contributed by atoms with Crippen molar-refractivity contribution in [3.05, 3.63) is 99.4 Å². The fourth-order valence-corrected chi connectivity index (χ4v) is 5.05. The van der Waals surface area contributed by atoms with Gasteiger partial charge in [0, 0.05) is 41.0 Å². The molecule has 14 heteroatoms. The first-order valence-electron chi connectivity index (χ1n) is 14.2. The quantitative estimate of drug-likeness (QED) is 0.0868. The lowest BCUT2D eigenvalue weighted by molar-refractivity contribution is -0.122. The van der Waals surface area contributed by atoms with Gasteiger partial charge in [-0.05, 0) is 59.5 Å². The van der Waals surface area contributed by atoms with Crippen molar-refractivity contribution in [2.75, 3.05) is 25.1 Å². The van der Waals surface area contributed by atoms with E-state index in [1.165, 1.54) is 12.2 Å². The van der Waals surface area contributed by atoms with Crippen LogP contribution < -0.4 is 31.5 Å². The van der Waals surface area contributed by atoms with Crippen LogP contribution in [0.3, 0.4) is 0 Å². The minimum atomic E-state index is -1.61. The van der Waals surface area contributed by atoms with Crippen LogP contribution in [0.5, 0.6) is 5.75 Å². The van der Waals surface area contributed by atoms with Crippen LogP contribution in [0.1, 0.15) is 30.0 Å². The summed E-state index contributed by atoms with van der Waals surface area (Å²) in [6.07, 6.45) is 1.00. The summed E-state index contributed by atoms with van der Waals surface area (Å²) in [5.41, 5.74) is 10.2. The van der Waals surface area contributed by atoms with E-state index in [4.69, 9.17) is 27.1 Å². The number of rotatable bonds is 12. The van der Waals surface area contributed by atoms with E-state index in [0.29, 0.717) is 38.8 Å². The standard InChI is InChI=1S/C31H34BClN6O6/c1-19(38-44)39-27-12-11-24(45-2)17-25(27)30(21-7-9-23(33)10-8-21)37-26(31(39)34)18-29(41)36-15-14-35-28(40)13-6-20-4-3-5-22(16-20)32(42)43/h3-13,16-17,19,26,31,42-43H,14-15,18,34H2,1-2H3,(H,35,40)(H,36,41)/b13-6+/t19?,26-,31?/m0/s1. The smallest absolute Gasteiger partial charge is 0.488 e. The molecule has 2 amide bonds. The summed E-state index contributed by atoms with van der Waals surface area (Å²) in [6.45, 7) is 1.92. The predicted octanol–water partition coefficient (Wildman–Crippen LogP) is 1.79. The molecule has 1 aliphatic heterocycles. The predicted molar refractivity (Wildman–Crippen MR) is 176 cm³/mol. The van der Waals surface area contributed by atoms with E-state index in [9.17, 15) is 24.5 Å². The first-order valence-corrected chi connectivity index (χ1v) is 14.6. The number of carbonyl (C=O) groups excluding carboxylic acids is 2. The number of benzodiazepines with no additional fused rings is 1. The van der Waals surface area contributed by atoms with Crippen molar-refractivity contribution >= 4 is 53.5 Å². The number of nitrogens with two attached hydrogens (primary N) is 1. The molecule has 0 aromatic heterocycles. The highest BCUT2D eigenvalue weighted by molar-refractivity contribution is 6.58. The zero-order chi connectivity index (χ0) is 32.5. The maximum absolute atomic E-state index is 13.1. The summed E-state index contributed by atoms with van der Waals surface area (Å²) in [5, 5.41) is 27.8. The number of carbonyl (C=O) groups is 2. The Hall–Kier alpha value is -4.56. The van der Waals surface area contributed by atoms with Crippen molar-refractivity contribution in [1.82, 2.24) is 10.6 Å². The van der Waals surface area contributed by atoms with Crippen molar-refractivity contribution in [3.8, 4) is 5.75 Å². The lowest BCUT2D eigenvalue weighted by Crippen LogP contribution is -2.53. The van der Waals surface area contributed by atoms with Crippen LogP contribution in [-0.4, -0.2) is 73.3 Å². The summed E-state index contributed by atoms with van der Waals surface area (Å²) >= 11 is 6.14. The van der Waals surface area contributed by atoms with E-state index < -0.39 is 25.5 Å². The van der Waals surface area contributed by atoms with E-state index in [1.807, 2.05) is 12.1 Å². The van der Waals surface area contributed by atoms with Crippen molar-refractivity contribution in [3.63, 3.8) is 0 Å². The number of halogens is 1. The number of hydrogen-bond donors (Lipinski definition) is 5. The SMILES string of the molecule is COc1ccc2c(c1)C(c1ccc(Cl)cc1)=N[C@@H](CC(=O)NCCNC(=O)/C=C/c1cccc(B(O)O)c1)C(N)N2C(C)N=O. The Bertz CT molecular complexity index is 1580. The van der Waals surface area contributed by atoms with Gasteiger partial charge in [-0.3, -0.25) is 14.6 Å². The minimum absolute atomic E-state index is 0.105. The van der Waals surface area contributed by atoms with Crippen molar-refractivity contribution < 1.29 is 24.4 Å². The van der Waals surface area contributed by atoms with Gasteiger partial charge in [-0.1, -0.05) is 48.0 Å². The molecule has 0 bridgehead atoms. The van der Waals surface area contributed by atoms with Crippen LogP contribution >= 0.6 is 11.6 Å². The summed E-state index contributed by atoms with van der Waals surface area (Å²) in [4.78, 5) is 43.7. The molecule has 45 heavy (non-hydrogen) atoms. The number of nitroso groups, excluding NO2 is 1. The normalized spacial score (nSPS) is 16.7. The molecule has 3 atom stereocenters. The number of aliphatic imine (C=N–C) groups is 1. The van der Waals surface area contributed by atoms with Crippen LogP contribution in [0.4, 0.5) is 5.69 Å². The summed E-state index contributed by atoms with van der Waals surface area (Å²) in [7, 11) is -0.0593. The molecule has 0 spiro atoms. The number of anilines is 1. The molecule has 3 aromatic rings. The third kappa shape index (κ3) is 8.55. The summed E-state index contributed by atoms with van der Waals surface area (Å²) in [6, 6.07) is 18.1. The van der Waals surface area contributed by atoms with E-state index in [-0.39, 0.29) is 31.3 Å². The minimum Gasteiger partial charge on any atom is -0.497 e. The van der Waals surface area contributed by atoms with Gasteiger partial charge < -0.3 is 36.1 Å². The Kier molecular flexibility index (Phi) is 11.4. The highest BCUT2D eigenvalue weighted by Crippen LogP contribution is 2.35. The highest BCUT2D eigenvalue weighted by atomic mass is 35.5. The molecule has 4 rings (SSSR count). The van der Waals surface area contributed by atoms with Gasteiger partial charge in [0.2, 0.25) is 11.8 Å². The molecule has 0 aliphatic carbocycles. The molecule has 0 saturated carbocycles. The second-order valence-electron chi connectivity index (χ2n) is 10.3. The first-order chi connectivity index (χ1) is 21.6. The number of nitrogens with zero attached hydrogens (tertiary/aromatic N) is 3. The van der Waals surface area contributed by atoms with Crippen LogP contribution in [-0.2, 0) is 9.59 Å². The number of benzene rings is 3. The first kappa shape index (κ1) is 33.3. The number of hydrogen-bond acceptors (Lipinski definition) is 10. The molecule has 3 aromatic carbocycles. The molecule has 1 aliphatic rings. The Morgan fingerprint density at radius 3 is 2.56 bits per heavy atom. The van der Waals surface area contributed by atoms with Crippen LogP contribution in [0.15, 0.2) is 83.0 Å². The van der Waals surface area contributed by atoms with Crippen molar-refractivity contribution in [2.45, 2.75) is 31.7 Å². The molecule has 0 fully saturated rings. The molecule has 0 radical (unpaired) electrons. The fraction of sp³-hybridized carbons (Fsp3) is 0.258. The zero-order valence-corrected chi connectivity index (χ0v) is 25.5. The summed E-state index contributed by atoms with van der Waals surface area (Å²) < 4.78 is 5.46. The van der Waals surface area contributed by atoms with Gasteiger partial charge in [-0.15, -0.1) is 4.91 Å². The van der Waals surface area contributed by atoms with Gasteiger partial charge in [0.1, 0.15) is 11.9 Å². The second kappa shape index (κ2) is 15.4. The molecular formula is C31H34BClN6O6. The molecule has 0 saturated heterocycles. The van der Waals surface area contributed by atoms with E-state index in [1.54, 1.807) is 73.5 Å². The van der Waals surface area contributed by atoms with Crippen LogP contribution in [0.25, 0.3) is 6.08 Å². The van der Waals surface area contributed by atoms with E-state index >= 15 is 0 Å². The Morgan fingerprint density at radius 1 is 1.13 bits per heavy atom. The largest absolute Gasteiger partial charge is 0.497 e. The Labute approximate surface area is 266 Å². The molecule has 1 heterocycles. The molecule has 6 N–H and O–H groups in total. The lowest BCUT2D eigenvalue weighted by atomic mass is 9.79. The van der Waals surface area contributed by atoms with Crippen molar-refractivity contribution in [1.29, 1.82) is 0 Å². The molecular weight excluding hydrogens is 599 g/mol. The third-order valence-corrected chi connectivity index (χ3v) is 7.45. The van der Waals surface area contributed by atoms with E-state index in [0.717, 1.165) is 5.56 Å². The monoisotopic (exact) mass is 632 g/mol. The van der Waals surface area contributed by atoms with Gasteiger partial charge in [-0.2, -0.15) is 0 Å². The van der Waals surface area contributed by atoms with Gasteiger partial charge in [0.05, 0.1) is 25.3 Å². The van der Waals surface area contributed by atoms with Gasteiger partial charge in [0.25, 0.3) is 0 Å². The number of nitrogens with one attached hydrogen (secondary N) is 2. The topological polar surface area (TPSA) is 179 Å². The average molecular weight is 633 g/mol. The van der Waals surface area contributed by atoms with Gasteiger partial charge in [-0.25, -0.2) is 0 Å². The van der Waals surface area contributed by atoms with Gasteiger partial charge >= 0.3 is 7.12 Å². The van der Waals surface area contributed by atoms with E-state index in [2.05, 4.69) is 15.8 Å². The molecule has 12 nitrogen and oxygen atoms in total. The zero-order valence-electron chi connectivity index (χ0n) is 24.8. The number of methoxy groups -OCH3 is 1. The average Bonchev–Trinajstić information content (AvgIpc) is 3.15. The fourth-order valence-electron chi connectivity index (χ4n) is 4.92. The maximum Gasteiger partial charge on any atom is 0.488 e. The van der Waals surface area contributed by atoms with Gasteiger partial charge in [0.15, 0.2) is 6.17 Å². The van der Waals surface area contributed by atoms with Crippen LogP contribution in [0.2, 0.25) is 5.02 Å². The number of amides is 2. The van der Waals surface area contributed by atoms with Crippen molar-refractivity contribution in [2.24, 2.45) is 15.9 Å². The Morgan fingerprint density at radius 2 is 1.87 bits per heavy atom.